The minimum atomic E-state index is -1.17. The van der Waals surface area contributed by atoms with E-state index in [1.54, 1.807) is 6.92 Å². The van der Waals surface area contributed by atoms with E-state index >= 15 is 0 Å². The predicted octanol–water partition coefficient (Wildman–Crippen LogP) is -2.07. The topological polar surface area (TPSA) is 239 Å². The first-order valence-corrected chi connectivity index (χ1v) is 10.7. The van der Waals surface area contributed by atoms with Crippen molar-refractivity contribution in [2.24, 2.45) is 0 Å². The fraction of sp³-hybridized carbons (Fsp3) is 0.600. The first-order valence-electron chi connectivity index (χ1n) is 10.7. The highest BCUT2D eigenvalue weighted by Gasteiger charge is 2.33. The zero-order valence-electron chi connectivity index (χ0n) is 20.6. The van der Waals surface area contributed by atoms with E-state index in [2.05, 4.69) is 28.5 Å². The molecule has 0 unspecified atom stereocenters. The van der Waals surface area contributed by atoms with Crippen molar-refractivity contribution in [1.82, 2.24) is 10.1 Å². The van der Waals surface area contributed by atoms with Gasteiger partial charge in [-0.2, -0.15) is 5.06 Å². The lowest BCUT2D eigenvalue weighted by atomic mass is 10.4. The summed E-state index contributed by atoms with van der Waals surface area (Å²) in [6, 6.07) is 0. The number of nitrogens with zero attached hydrogens (tertiary/aromatic N) is 2. The van der Waals surface area contributed by atoms with E-state index in [0.717, 1.165) is 0 Å². The Kier molecular flexibility index (Phi) is 17.1. The number of ether oxygens (including phenoxy) is 5. The molecule has 2 rings (SSSR count). The average Bonchev–Trinajstić information content (AvgIpc) is 3.35. The molecule has 18 heteroatoms. The number of carboxylic acid groups (broad SMARTS) is 1. The maximum atomic E-state index is 11.2. The molecule has 18 nitrogen and oxygen atoms in total. The minimum Gasteiger partial charge on any atom is -0.479 e. The van der Waals surface area contributed by atoms with Crippen LogP contribution in [-0.2, 0) is 66.9 Å². The number of hydrogen-bond donors (Lipinski definition) is 2. The van der Waals surface area contributed by atoms with Gasteiger partial charge in [0.1, 0.15) is 20.0 Å². The fourth-order valence-electron chi connectivity index (χ4n) is 2.11. The van der Waals surface area contributed by atoms with E-state index in [1.165, 1.54) is 7.11 Å². The van der Waals surface area contributed by atoms with Gasteiger partial charge in [0.05, 0.1) is 0 Å². The zero-order valence-corrected chi connectivity index (χ0v) is 20.6. The monoisotopic (exact) mass is 552 g/mol. The highest BCUT2D eigenvalue weighted by Crippen LogP contribution is 2.12. The van der Waals surface area contributed by atoms with Crippen molar-refractivity contribution in [2.45, 2.75) is 32.6 Å². The number of carboxylic acids is 1. The van der Waals surface area contributed by atoms with Crippen molar-refractivity contribution in [3.63, 3.8) is 0 Å². The third-order valence-electron chi connectivity index (χ3n) is 3.78. The highest BCUT2D eigenvalue weighted by atomic mass is 16.7. The molecule has 2 aliphatic heterocycles. The molecule has 0 aromatic carbocycles. The van der Waals surface area contributed by atoms with Crippen LogP contribution in [0.1, 0.15) is 32.6 Å². The molecule has 2 aliphatic rings. The summed E-state index contributed by atoms with van der Waals surface area (Å²) in [5, 5.41) is 17.0. The molecule has 2 heterocycles. The number of hydrogen-bond acceptors (Lipinski definition) is 15. The van der Waals surface area contributed by atoms with Gasteiger partial charge in [-0.3, -0.25) is 24.4 Å². The summed E-state index contributed by atoms with van der Waals surface area (Å²) in [5.41, 5.74) is 0. The molecule has 0 aliphatic carbocycles. The summed E-state index contributed by atoms with van der Waals surface area (Å²) < 4.78 is 22.6. The van der Waals surface area contributed by atoms with Crippen molar-refractivity contribution in [3.8, 4) is 0 Å². The van der Waals surface area contributed by atoms with Gasteiger partial charge in [-0.1, -0.05) is 0 Å². The van der Waals surface area contributed by atoms with Crippen LogP contribution in [0.2, 0.25) is 0 Å². The summed E-state index contributed by atoms with van der Waals surface area (Å²) in [7, 11) is 1.38. The maximum absolute atomic E-state index is 11.2. The van der Waals surface area contributed by atoms with Gasteiger partial charge < -0.3 is 33.6 Å². The van der Waals surface area contributed by atoms with Gasteiger partial charge in [0, 0.05) is 39.4 Å². The summed E-state index contributed by atoms with van der Waals surface area (Å²) in [6.45, 7) is 0.146. The Labute approximate surface area is 215 Å². The Hall–Kier alpha value is -4.00. The van der Waals surface area contributed by atoms with E-state index in [-0.39, 0.29) is 50.8 Å². The Balaban J connectivity index is 0.000000606. The van der Waals surface area contributed by atoms with Crippen LogP contribution < -0.4 is 0 Å². The molecular formula is C20H28N2O16. The van der Waals surface area contributed by atoms with Crippen LogP contribution in [0.25, 0.3) is 0 Å². The number of methoxy groups -OCH3 is 1. The number of rotatable bonds is 12. The van der Waals surface area contributed by atoms with Crippen LogP contribution in [0.15, 0.2) is 0 Å². The SMILES string of the molecule is CCOCC(=O)OCC(=O)O.COCOCC(=O)OCC(=O)ON1C(=O)CCC1=O.O=C1CCC(=O)N1O. The van der Waals surface area contributed by atoms with E-state index in [0.29, 0.717) is 11.7 Å². The lowest BCUT2D eigenvalue weighted by Gasteiger charge is -2.12. The lowest BCUT2D eigenvalue weighted by molar-refractivity contribution is -0.201. The number of aliphatic carboxylic acids is 1. The second-order valence-corrected chi connectivity index (χ2v) is 6.75. The highest BCUT2D eigenvalue weighted by molar-refractivity contribution is 6.01. The number of amides is 4. The smallest absolute Gasteiger partial charge is 0.370 e. The maximum Gasteiger partial charge on any atom is 0.370 e. The number of carbonyl (C=O) groups excluding carboxylic acids is 7. The molecule has 2 saturated heterocycles. The number of hydroxylamine groups is 4. The van der Waals surface area contributed by atoms with Crippen molar-refractivity contribution in [3.05, 3.63) is 0 Å². The Bertz CT molecular complexity index is 841. The number of carbonyl (C=O) groups is 8. The van der Waals surface area contributed by atoms with Crippen LogP contribution >= 0.6 is 0 Å². The molecule has 0 saturated carbocycles. The molecule has 2 N–H and O–H groups in total. The summed E-state index contributed by atoms with van der Waals surface area (Å²) >= 11 is 0. The lowest BCUT2D eigenvalue weighted by Crippen LogP contribution is -2.34. The molecule has 0 aromatic rings. The normalized spacial score (nSPS) is 14.3. The number of esters is 2. The average molecular weight is 552 g/mol. The molecule has 214 valence electrons. The first kappa shape index (κ1) is 34.0. The van der Waals surface area contributed by atoms with Gasteiger partial charge in [0.25, 0.3) is 23.6 Å². The second kappa shape index (κ2) is 19.2. The molecular weight excluding hydrogens is 524 g/mol. The van der Waals surface area contributed by atoms with Gasteiger partial charge in [0.2, 0.25) is 0 Å². The van der Waals surface area contributed by atoms with Crippen molar-refractivity contribution >= 4 is 47.5 Å². The van der Waals surface area contributed by atoms with E-state index in [4.69, 9.17) is 10.3 Å². The Morgan fingerprint density at radius 2 is 1.21 bits per heavy atom. The third-order valence-corrected chi connectivity index (χ3v) is 3.78. The van der Waals surface area contributed by atoms with Gasteiger partial charge in [0.15, 0.2) is 13.2 Å². The molecule has 4 amide bonds. The van der Waals surface area contributed by atoms with Gasteiger partial charge in [-0.25, -0.2) is 19.2 Å². The molecule has 38 heavy (non-hydrogen) atoms. The van der Waals surface area contributed by atoms with Gasteiger partial charge in [-0.05, 0) is 6.92 Å². The fourth-order valence-corrected chi connectivity index (χ4v) is 2.11. The van der Waals surface area contributed by atoms with E-state index in [9.17, 15) is 38.4 Å². The third kappa shape index (κ3) is 15.2. The molecule has 0 atom stereocenters. The van der Waals surface area contributed by atoms with Crippen molar-refractivity contribution < 1.29 is 77.2 Å². The van der Waals surface area contributed by atoms with Crippen molar-refractivity contribution in [1.29, 1.82) is 0 Å². The predicted molar refractivity (Wildman–Crippen MR) is 114 cm³/mol. The summed E-state index contributed by atoms with van der Waals surface area (Å²) in [6.07, 6.45) is 0.290. The molecule has 0 bridgehead atoms. The largest absolute Gasteiger partial charge is 0.479 e. The van der Waals surface area contributed by atoms with Crippen LogP contribution in [0, 0.1) is 0 Å². The Morgan fingerprint density at radius 3 is 1.63 bits per heavy atom. The molecule has 0 radical (unpaired) electrons. The standard InChI is InChI=1S/C10H13NO8.C6H10O5.C4H5NO3/c1-16-6-17-4-9(14)18-5-10(15)19-11-7(12)2-3-8(11)13;1-2-10-4-6(9)11-3-5(7)8;6-3-1-2-4(7)5(3)8/h2-6H2,1H3;2-4H2,1H3,(H,7,8);8H,1-2H2. The summed E-state index contributed by atoms with van der Waals surface area (Å²) in [5.74, 6) is -5.87. The van der Waals surface area contributed by atoms with Crippen molar-refractivity contribution in [2.75, 3.05) is 46.9 Å². The van der Waals surface area contributed by atoms with Crippen LogP contribution in [0.4, 0.5) is 0 Å². The minimum absolute atomic E-state index is 0.00322. The van der Waals surface area contributed by atoms with Crippen LogP contribution in [0.5, 0.6) is 0 Å². The number of imide groups is 2. The van der Waals surface area contributed by atoms with E-state index in [1.807, 2.05) is 0 Å². The van der Waals surface area contributed by atoms with Crippen LogP contribution in [-0.4, -0.2) is 115 Å². The van der Waals surface area contributed by atoms with Gasteiger partial charge >= 0.3 is 23.9 Å². The molecule has 0 aromatic heterocycles. The Morgan fingerprint density at radius 1 is 0.737 bits per heavy atom. The van der Waals surface area contributed by atoms with E-state index < -0.39 is 60.7 Å². The first-order chi connectivity index (χ1) is 17.9. The molecule has 0 spiro atoms. The van der Waals surface area contributed by atoms with Crippen LogP contribution in [0.3, 0.4) is 0 Å². The van der Waals surface area contributed by atoms with Gasteiger partial charge in [-0.15, -0.1) is 5.06 Å². The quantitative estimate of drug-likeness (QED) is 0.0869. The molecule has 2 fully saturated rings. The second-order valence-electron chi connectivity index (χ2n) is 6.75. The zero-order chi connectivity index (χ0) is 29.1. The summed E-state index contributed by atoms with van der Waals surface area (Å²) in [4.78, 5) is 89.8.